The van der Waals surface area contributed by atoms with Crippen molar-refractivity contribution in [3.8, 4) is 0 Å². The molecule has 0 radical (unpaired) electrons. The van der Waals surface area contributed by atoms with Gasteiger partial charge >= 0.3 is 0 Å². The largest absolute Gasteiger partial charge is 0.379 e. The second-order valence-electron chi connectivity index (χ2n) is 3.76. The lowest BCUT2D eigenvalue weighted by molar-refractivity contribution is 0.621. The summed E-state index contributed by atoms with van der Waals surface area (Å²) in [6, 6.07) is 8.98. The van der Waals surface area contributed by atoms with Crippen LogP contribution < -0.4 is 5.32 Å². The van der Waals surface area contributed by atoms with Gasteiger partial charge in [-0.1, -0.05) is 6.07 Å². The van der Waals surface area contributed by atoms with Crippen LogP contribution in [-0.4, -0.2) is 4.98 Å². The van der Waals surface area contributed by atoms with Gasteiger partial charge in [0.05, 0.1) is 16.7 Å². The molecule has 0 spiro atoms. The highest BCUT2D eigenvalue weighted by Crippen LogP contribution is 2.24. The lowest BCUT2D eigenvalue weighted by atomic mass is 10.2. The van der Waals surface area contributed by atoms with Gasteiger partial charge < -0.3 is 5.32 Å². The van der Waals surface area contributed by atoms with Crippen LogP contribution in [-0.2, 0) is 6.54 Å². The Morgan fingerprint density at radius 3 is 2.88 bits per heavy atom. The number of aryl methyl sites for hydroxylation is 1. The van der Waals surface area contributed by atoms with Gasteiger partial charge in [0.15, 0.2) is 0 Å². The monoisotopic (exact) mass is 294 g/mol. The molecule has 0 unspecified atom stereocenters. The molecule has 0 amide bonds. The van der Waals surface area contributed by atoms with Gasteiger partial charge in [-0.3, -0.25) is 4.98 Å². The molecular weight excluding hydrogens is 283 g/mol. The normalized spacial score (nSPS) is 10.3. The van der Waals surface area contributed by atoms with Crippen molar-refractivity contribution in [2.24, 2.45) is 0 Å². The molecule has 0 aliphatic carbocycles. The van der Waals surface area contributed by atoms with Gasteiger partial charge in [0, 0.05) is 11.9 Å². The van der Waals surface area contributed by atoms with Gasteiger partial charge in [0.1, 0.15) is 5.82 Å². The number of halogens is 2. The molecule has 2 nitrogen and oxygen atoms in total. The van der Waals surface area contributed by atoms with Gasteiger partial charge in [-0.05, 0) is 52.7 Å². The van der Waals surface area contributed by atoms with E-state index in [4.69, 9.17) is 0 Å². The molecule has 1 N–H and O–H groups in total. The van der Waals surface area contributed by atoms with Crippen molar-refractivity contribution in [1.29, 1.82) is 0 Å². The minimum atomic E-state index is -0.265. The summed E-state index contributed by atoms with van der Waals surface area (Å²) < 4.78 is 13.9. The van der Waals surface area contributed by atoms with E-state index in [-0.39, 0.29) is 5.82 Å². The third kappa shape index (κ3) is 3.03. The van der Waals surface area contributed by atoms with E-state index in [1.807, 2.05) is 25.1 Å². The van der Waals surface area contributed by atoms with Gasteiger partial charge in [-0.2, -0.15) is 0 Å². The van der Waals surface area contributed by atoms with Crippen molar-refractivity contribution in [2.45, 2.75) is 13.5 Å². The minimum absolute atomic E-state index is 0.265. The molecule has 1 heterocycles. The summed E-state index contributed by atoms with van der Waals surface area (Å²) in [5.74, 6) is -0.265. The maximum atomic E-state index is 13.4. The van der Waals surface area contributed by atoms with E-state index >= 15 is 0 Å². The maximum Gasteiger partial charge on any atom is 0.139 e. The number of nitrogens with zero attached hydrogens (tertiary/aromatic N) is 1. The number of pyridine rings is 1. The van der Waals surface area contributed by atoms with Crippen molar-refractivity contribution in [3.05, 3.63) is 58.1 Å². The summed E-state index contributed by atoms with van der Waals surface area (Å²) in [6.45, 7) is 2.52. The Morgan fingerprint density at radius 2 is 2.18 bits per heavy atom. The van der Waals surface area contributed by atoms with Crippen LogP contribution in [0.15, 0.2) is 41.0 Å². The second-order valence-corrected chi connectivity index (χ2v) is 4.61. The molecule has 4 heteroatoms. The molecule has 0 bridgehead atoms. The molecule has 0 atom stereocenters. The molecule has 1 aromatic carbocycles. The highest BCUT2D eigenvalue weighted by Gasteiger charge is 2.05. The first-order chi connectivity index (χ1) is 8.16. The highest BCUT2D eigenvalue weighted by atomic mass is 79.9. The topological polar surface area (TPSA) is 24.9 Å². The minimum Gasteiger partial charge on any atom is -0.379 e. The predicted molar refractivity (Wildman–Crippen MR) is 70.4 cm³/mol. The van der Waals surface area contributed by atoms with Gasteiger partial charge in [0.25, 0.3) is 0 Å². The first-order valence-electron chi connectivity index (χ1n) is 5.26. The number of hydrogen-bond donors (Lipinski definition) is 1. The zero-order chi connectivity index (χ0) is 12.3. The molecule has 0 saturated carbocycles. The lowest BCUT2D eigenvalue weighted by Crippen LogP contribution is -2.03. The van der Waals surface area contributed by atoms with Gasteiger partial charge in [0.2, 0.25) is 0 Å². The fourth-order valence-corrected chi connectivity index (χ4v) is 1.98. The van der Waals surface area contributed by atoms with Crippen molar-refractivity contribution in [3.63, 3.8) is 0 Å². The Labute approximate surface area is 108 Å². The van der Waals surface area contributed by atoms with E-state index in [9.17, 15) is 4.39 Å². The third-order valence-corrected chi connectivity index (χ3v) is 3.06. The number of benzene rings is 1. The Hall–Kier alpha value is -1.42. The van der Waals surface area contributed by atoms with E-state index < -0.39 is 0 Å². The quantitative estimate of drug-likeness (QED) is 0.928. The van der Waals surface area contributed by atoms with Crippen molar-refractivity contribution in [1.82, 2.24) is 4.98 Å². The van der Waals surface area contributed by atoms with E-state index in [0.29, 0.717) is 11.0 Å². The maximum absolute atomic E-state index is 13.4. The van der Waals surface area contributed by atoms with Crippen molar-refractivity contribution < 1.29 is 4.39 Å². The average molecular weight is 295 g/mol. The lowest BCUT2D eigenvalue weighted by Gasteiger charge is -2.10. The molecule has 88 valence electrons. The zero-order valence-electron chi connectivity index (χ0n) is 9.37. The van der Waals surface area contributed by atoms with Crippen LogP contribution in [0.3, 0.4) is 0 Å². The molecule has 17 heavy (non-hydrogen) atoms. The second kappa shape index (κ2) is 5.27. The van der Waals surface area contributed by atoms with Crippen LogP contribution in [0.2, 0.25) is 0 Å². The van der Waals surface area contributed by atoms with E-state index in [1.165, 1.54) is 6.07 Å². The van der Waals surface area contributed by atoms with Crippen LogP contribution in [0.1, 0.15) is 11.3 Å². The number of rotatable bonds is 3. The number of anilines is 1. The summed E-state index contributed by atoms with van der Waals surface area (Å²) in [5, 5.41) is 3.17. The standard InChI is InChI=1S/C13H12BrFN2/c1-9-6-11(14)12(15)7-13(9)17-8-10-4-2-3-5-16-10/h2-7,17H,8H2,1H3. The van der Waals surface area contributed by atoms with Crippen LogP contribution in [0.25, 0.3) is 0 Å². The Bertz CT molecular complexity index is 514. The molecular formula is C13H12BrFN2. The summed E-state index contributed by atoms with van der Waals surface area (Å²) in [6.07, 6.45) is 1.74. The SMILES string of the molecule is Cc1cc(Br)c(F)cc1NCc1ccccn1. The number of nitrogens with one attached hydrogen (secondary N) is 1. The Kier molecular flexibility index (Phi) is 3.74. The van der Waals surface area contributed by atoms with E-state index in [2.05, 4.69) is 26.2 Å². The van der Waals surface area contributed by atoms with Crippen LogP contribution in [0, 0.1) is 12.7 Å². The molecule has 0 saturated heterocycles. The average Bonchev–Trinajstić information content (AvgIpc) is 2.33. The van der Waals surface area contributed by atoms with Gasteiger partial charge in [-0.25, -0.2) is 4.39 Å². The fourth-order valence-electron chi connectivity index (χ4n) is 1.53. The first kappa shape index (κ1) is 12.0. The summed E-state index contributed by atoms with van der Waals surface area (Å²) in [5.41, 5.74) is 2.71. The summed E-state index contributed by atoms with van der Waals surface area (Å²) in [4.78, 5) is 4.20. The smallest absolute Gasteiger partial charge is 0.139 e. The molecule has 0 aliphatic heterocycles. The predicted octanol–water partition coefficient (Wildman–Crippen LogP) is 3.90. The van der Waals surface area contributed by atoms with Crippen molar-refractivity contribution >= 4 is 21.6 Å². The first-order valence-corrected chi connectivity index (χ1v) is 6.05. The molecule has 0 fully saturated rings. The molecule has 2 aromatic rings. The van der Waals surface area contributed by atoms with E-state index in [1.54, 1.807) is 12.3 Å². The zero-order valence-corrected chi connectivity index (χ0v) is 11.0. The van der Waals surface area contributed by atoms with Gasteiger partial charge in [-0.15, -0.1) is 0 Å². The highest BCUT2D eigenvalue weighted by molar-refractivity contribution is 9.10. The van der Waals surface area contributed by atoms with Crippen LogP contribution in [0.5, 0.6) is 0 Å². The third-order valence-electron chi connectivity index (χ3n) is 2.45. The molecule has 1 aromatic heterocycles. The van der Waals surface area contributed by atoms with E-state index in [0.717, 1.165) is 16.9 Å². The summed E-state index contributed by atoms with van der Waals surface area (Å²) >= 11 is 3.16. The Balaban J connectivity index is 2.12. The number of aromatic nitrogens is 1. The Morgan fingerprint density at radius 1 is 1.35 bits per heavy atom. The number of hydrogen-bond acceptors (Lipinski definition) is 2. The molecule has 0 aliphatic rings. The van der Waals surface area contributed by atoms with Crippen LogP contribution in [0.4, 0.5) is 10.1 Å². The fraction of sp³-hybridized carbons (Fsp3) is 0.154. The summed E-state index contributed by atoms with van der Waals surface area (Å²) in [7, 11) is 0. The van der Waals surface area contributed by atoms with Crippen LogP contribution >= 0.6 is 15.9 Å². The van der Waals surface area contributed by atoms with Crippen molar-refractivity contribution in [2.75, 3.05) is 5.32 Å². The molecule has 2 rings (SSSR count).